The molecule has 0 N–H and O–H groups in total. The topological polar surface area (TPSA) is 16.4 Å². The summed E-state index contributed by atoms with van der Waals surface area (Å²) in [5, 5.41) is 4.91. The molecule has 2 heterocycles. The van der Waals surface area contributed by atoms with E-state index in [0.717, 1.165) is 28.2 Å². The first-order valence-corrected chi connectivity index (χ1v) is 20.7. The van der Waals surface area contributed by atoms with Gasteiger partial charge in [-0.2, -0.15) is 0 Å². The van der Waals surface area contributed by atoms with Crippen molar-refractivity contribution in [3.8, 4) is 33.4 Å². The first-order valence-electron chi connectivity index (χ1n) is 19.9. The highest BCUT2D eigenvalue weighted by Crippen LogP contribution is 2.63. The van der Waals surface area contributed by atoms with E-state index in [1.54, 1.807) is 0 Å². The molecule has 0 bridgehead atoms. The van der Waals surface area contributed by atoms with Gasteiger partial charge in [0.1, 0.15) is 11.2 Å². The predicted molar refractivity (Wildman–Crippen MR) is 243 cm³/mol. The molecule has 0 saturated heterocycles. The normalized spacial score (nSPS) is 13.3. The van der Waals surface area contributed by atoms with Gasteiger partial charge >= 0.3 is 0 Å². The third-order valence-corrected chi connectivity index (χ3v) is 13.9. The molecule has 9 aromatic carbocycles. The molecule has 11 aromatic rings. The van der Waals surface area contributed by atoms with E-state index in [2.05, 4.69) is 199 Å². The number of para-hydroxylation sites is 2. The Hall–Kier alpha value is -7.20. The summed E-state index contributed by atoms with van der Waals surface area (Å²) in [6.45, 7) is 0. The largest absolute Gasteiger partial charge is 0.456 e. The van der Waals surface area contributed by atoms with Crippen molar-refractivity contribution in [2.24, 2.45) is 0 Å². The minimum Gasteiger partial charge on any atom is -0.456 e. The maximum Gasteiger partial charge on any atom is 0.136 e. The third-order valence-electron chi connectivity index (χ3n) is 12.7. The van der Waals surface area contributed by atoms with Gasteiger partial charge in [-0.25, -0.2) is 0 Å². The number of thiophene rings is 1. The number of anilines is 3. The zero-order chi connectivity index (χ0) is 38.0. The van der Waals surface area contributed by atoms with Crippen LogP contribution in [0.2, 0.25) is 0 Å². The van der Waals surface area contributed by atoms with Crippen LogP contribution in [0.5, 0.6) is 0 Å². The Morgan fingerprint density at radius 2 is 0.931 bits per heavy atom. The van der Waals surface area contributed by atoms with Crippen molar-refractivity contribution in [2.75, 3.05) is 4.90 Å². The molecule has 0 fully saturated rings. The summed E-state index contributed by atoms with van der Waals surface area (Å²) in [4.78, 5) is 2.43. The van der Waals surface area contributed by atoms with Crippen LogP contribution in [0.3, 0.4) is 0 Å². The Balaban J connectivity index is 1.02. The fourth-order valence-corrected chi connectivity index (χ4v) is 11.7. The Kier molecular flexibility index (Phi) is 6.56. The second kappa shape index (κ2) is 11.9. The summed E-state index contributed by atoms with van der Waals surface area (Å²) in [5.41, 5.74) is 17.8. The van der Waals surface area contributed by atoms with Crippen LogP contribution in [0.15, 0.2) is 205 Å². The smallest absolute Gasteiger partial charge is 0.136 e. The van der Waals surface area contributed by atoms with Crippen LogP contribution in [-0.4, -0.2) is 0 Å². The van der Waals surface area contributed by atoms with Crippen LogP contribution in [0.25, 0.3) is 75.5 Å². The van der Waals surface area contributed by atoms with Gasteiger partial charge in [0.05, 0.1) is 5.41 Å². The second-order valence-corrected chi connectivity index (χ2v) is 16.6. The van der Waals surface area contributed by atoms with E-state index in [9.17, 15) is 0 Å². The number of hydrogen-bond donors (Lipinski definition) is 0. The van der Waals surface area contributed by atoms with Gasteiger partial charge in [0.25, 0.3) is 0 Å². The van der Waals surface area contributed by atoms with Gasteiger partial charge in [0.15, 0.2) is 0 Å². The Morgan fingerprint density at radius 1 is 0.362 bits per heavy atom. The standard InChI is InChI=1S/C55H33NOS/c1-2-15-35(16-3-1)56(37-28-29-42-41-20-6-10-26-48(41)55(49(42)33-37)46-24-8-4-18-39(46)40-19-5-9-25-47(40)55)36-17-12-14-34(32-36)38-22-13-23-43-44-30-31-51-52(54(44)58-53(38)43)45-21-7-11-27-50(45)57-51/h1-33H. The Morgan fingerprint density at radius 3 is 1.69 bits per heavy atom. The molecular formula is C55H33NOS. The Labute approximate surface area is 339 Å². The van der Waals surface area contributed by atoms with Crippen LogP contribution in [0, 0.1) is 0 Å². The van der Waals surface area contributed by atoms with E-state index in [1.807, 2.05) is 17.4 Å². The highest BCUT2D eigenvalue weighted by atomic mass is 32.1. The molecule has 0 aliphatic heterocycles. The van der Waals surface area contributed by atoms with Crippen LogP contribution in [0.4, 0.5) is 17.1 Å². The summed E-state index contributed by atoms with van der Waals surface area (Å²) in [6.07, 6.45) is 0. The summed E-state index contributed by atoms with van der Waals surface area (Å²) in [7, 11) is 0. The average Bonchev–Trinajstić information content (AvgIpc) is 4.02. The van der Waals surface area contributed by atoms with Gasteiger partial charge in [-0.15, -0.1) is 11.3 Å². The molecule has 3 heteroatoms. The van der Waals surface area contributed by atoms with E-state index in [-0.39, 0.29) is 0 Å². The van der Waals surface area contributed by atoms with E-state index in [4.69, 9.17) is 4.42 Å². The van der Waals surface area contributed by atoms with Crippen molar-refractivity contribution in [3.05, 3.63) is 222 Å². The van der Waals surface area contributed by atoms with E-state index in [0.29, 0.717) is 0 Å². The molecule has 0 unspecified atom stereocenters. The maximum atomic E-state index is 6.31. The molecule has 0 radical (unpaired) electrons. The predicted octanol–water partition coefficient (Wildman–Crippen LogP) is 15.4. The van der Waals surface area contributed by atoms with Gasteiger partial charge in [-0.3, -0.25) is 0 Å². The third kappa shape index (κ3) is 4.21. The molecule has 0 saturated carbocycles. The zero-order valence-electron chi connectivity index (χ0n) is 31.3. The molecular weight excluding hydrogens is 723 g/mol. The van der Waals surface area contributed by atoms with Crippen LogP contribution in [-0.2, 0) is 5.41 Å². The van der Waals surface area contributed by atoms with Crippen LogP contribution < -0.4 is 4.90 Å². The molecule has 2 aliphatic carbocycles. The van der Waals surface area contributed by atoms with Crippen LogP contribution >= 0.6 is 11.3 Å². The zero-order valence-corrected chi connectivity index (χ0v) is 32.1. The lowest BCUT2D eigenvalue weighted by molar-refractivity contribution is 0.669. The second-order valence-electron chi connectivity index (χ2n) is 15.5. The first kappa shape index (κ1) is 31.9. The van der Waals surface area contributed by atoms with Gasteiger partial charge in [-0.1, -0.05) is 146 Å². The van der Waals surface area contributed by atoms with Gasteiger partial charge in [0, 0.05) is 48.0 Å². The molecule has 2 aliphatic rings. The van der Waals surface area contributed by atoms with Crippen molar-refractivity contribution >= 4 is 70.5 Å². The molecule has 2 nitrogen and oxygen atoms in total. The Bertz CT molecular complexity index is 3420. The molecule has 13 rings (SSSR count). The van der Waals surface area contributed by atoms with Crippen molar-refractivity contribution in [1.82, 2.24) is 0 Å². The molecule has 58 heavy (non-hydrogen) atoms. The molecule has 0 atom stereocenters. The van der Waals surface area contributed by atoms with Crippen molar-refractivity contribution in [1.29, 1.82) is 0 Å². The molecule has 270 valence electrons. The van der Waals surface area contributed by atoms with Crippen molar-refractivity contribution < 1.29 is 4.42 Å². The molecule has 1 spiro atoms. The summed E-state index contributed by atoms with van der Waals surface area (Å²) in [6, 6.07) is 73.7. The monoisotopic (exact) mass is 755 g/mol. The maximum absolute atomic E-state index is 6.31. The number of hydrogen-bond acceptors (Lipinski definition) is 3. The van der Waals surface area contributed by atoms with Crippen molar-refractivity contribution in [2.45, 2.75) is 5.41 Å². The van der Waals surface area contributed by atoms with E-state index >= 15 is 0 Å². The van der Waals surface area contributed by atoms with Crippen molar-refractivity contribution in [3.63, 3.8) is 0 Å². The summed E-state index contributed by atoms with van der Waals surface area (Å²) >= 11 is 1.87. The van der Waals surface area contributed by atoms with E-state index in [1.165, 1.54) is 86.6 Å². The number of benzene rings is 9. The fraction of sp³-hybridized carbons (Fsp3) is 0.0182. The lowest BCUT2D eigenvalue weighted by Gasteiger charge is -2.32. The number of nitrogens with zero attached hydrogens (tertiary/aromatic N) is 1. The highest BCUT2D eigenvalue weighted by molar-refractivity contribution is 7.27. The minimum absolute atomic E-state index is 0.415. The molecule has 2 aromatic heterocycles. The quantitative estimate of drug-likeness (QED) is 0.178. The number of furan rings is 1. The number of fused-ring (bicyclic) bond motifs is 17. The lowest BCUT2D eigenvalue weighted by Crippen LogP contribution is -2.26. The van der Waals surface area contributed by atoms with Gasteiger partial charge in [-0.05, 0) is 110 Å². The minimum atomic E-state index is -0.415. The van der Waals surface area contributed by atoms with E-state index < -0.39 is 5.41 Å². The first-order chi connectivity index (χ1) is 28.8. The van der Waals surface area contributed by atoms with Gasteiger partial charge in [0.2, 0.25) is 0 Å². The SMILES string of the molecule is c1ccc(N(c2cccc(-c3cccc4c3sc3c4ccc4oc5ccccc5c43)c2)c2ccc3c(c2)C2(c4ccccc4-c4ccccc42)c2ccccc2-3)cc1. The number of rotatable bonds is 4. The highest BCUT2D eigenvalue weighted by Gasteiger charge is 2.51. The van der Waals surface area contributed by atoms with Gasteiger partial charge < -0.3 is 9.32 Å². The average molecular weight is 756 g/mol. The summed E-state index contributed by atoms with van der Waals surface area (Å²) in [5.74, 6) is 0. The lowest BCUT2D eigenvalue weighted by atomic mass is 9.70. The summed E-state index contributed by atoms with van der Waals surface area (Å²) < 4.78 is 8.87. The molecule has 0 amide bonds. The fourth-order valence-electron chi connectivity index (χ4n) is 10.4. The van der Waals surface area contributed by atoms with Crippen LogP contribution in [0.1, 0.15) is 22.3 Å².